The zero-order valence-electron chi connectivity index (χ0n) is 10.0. The summed E-state index contributed by atoms with van der Waals surface area (Å²) in [6.07, 6.45) is 1.98. The Labute approximate surface area is 99.8 Å². The Balaban J connectivity index is 2.62. The predicted octanol–water partition coefficient (Wildman–Crippen LogP) is 1.73. The number of hydrogen-bond acceptors (Lipinski definition) is 5. The molecule has 1 aromatic rings. The van der Waals surface area contributed by atoms with E-state index in [0.29, 0.717) is 23.8 Å². The van der Waals surface area contributed by atoms with Gasteiger partial charge in [0.25, 0.3) is 5.69 Å². The Morgan fingerprint density at radius 3 is 2.88 bits per heavy atom. The average molecular weight is 239 g/mol. The van der Waals surface area contributed by atoms with Crippen LogP contribution in [0.15, 0.2) is 12.3 Å². The summed E-state index contributed by atoms with van der Waals surface area (Å²) in [7, 11) is 0. The molecule has 0 radical (unpaired) electrons. The van der Waals surface area contributed by atoms with E-state index < -0.39 is 4.92 Å². The van der Waals surface area contributed by atoms with E-state index in [1.165, 1.54) is 6.20 Å². The number of pyridine rings is 1. The van der Waals surface area contributed by atoms with Crippen LogP contribution in [0.2, 0.25) is 0 Å². The molecule has 0 aliphatic carbocycles. The molecular weight excluding hydrogens is 222 g/mol. The molecule has 0 aliphatic rings. The van der Waals surface area contributed by atoms with Gasteiger partial charge in [0.05, 0.1) is 4.92 Å². The van der Waals surface area contributed by atoms with Gasteiger partial charge in [0.2, 0.25) is 0 Å². The van der Waals surface area contributed by atoms with Gasteiger partial charge >= 0.3 is 0 Å². The van der Waals surface area contributed by atoms with Crippen molar-refractivity contribution in [3.63, 3.8) is 0 Å². The standard InChI is InChI=1S/C11H17N3O3/c1-8(3-4-15)6-12-11-5-9(2)10(7-13-11)14(16)17/h5,7-8,15H,3-4,6H2,1-2H3,(H,12,13). The van der Waals surface area contributed by atoms with Crippen molar-refractivity contribution in [2.24, 2.45) is 5.92 Å². The minimum absolute atomic E-state index is 0.0268. The van der Waals surface area contributed by atoms with Crippen LogP contribution in [0.25, 0.3) is 0 Å². The summed E-state index contributed by atoms with van der Waals surface area (Å²) in [6.45, 7) is 4.55. The van der Waals surface area contributed by atoms with E-state index in [0.717, 1.165) is 6.42 Å². The van der Waals surface area contributed by atoms with Gasteiger partial charge in [-0.3, -0.25) is 10.1 Å². The molecule has 0 saturated carbocycles. The van der Waals surface area contributed by atoms with E-state index in [9.17, 15) is 10.1 Å². The first kappa shape index (κ1) is 13.4. The van der Waals surface area contributed by atoms with Crippen LogP contribution in [0.5, 0.6) is 0 Å². The highest BCUT2D eigenvalue weighted by Gasteiger charge is 2.11. The minimum Gasteiger partial charge on any atom is -0.396 e. The number of nitro groups is 1. The number of aliphatic hydroxyl groups is 1. The third-order valence-electron chi connectivity index (χ3n) is 2.53. The quantitative estimate of drug-likeness (QED) is 0.583. The molecule has 6 heteroatoms. The molecule has 0 aromatic carbocycles. The van der Waals surface area contributed by atoms with Crippen LogP contribution in [0, 0.1) is 23.0 Å². The van der Waals surface area contributed by atoms with E-state index in [1.54, 1.807) is 13.0 Å². The number of nitrogens with zero attached hydrogens (tertiary/aromatic N) is 2. The lowest BCUT2D eigenvalue weighted by Gasteiger charge is -2.11. The molecule has 1 rings (SSSR count). The van der Waals surface area contributed by atoms with Gasteiger partial charge in [0.15, 0.2) is 0 Å². The number of aromatic nitrogens is 1. The highest BCUT2D eigenvalue weighted by Crippen LogP contribution is 2.19. The topological polar surface area (TPSA) is 88.3 Å². The van der Waals surface area contributed by atoms with Crippen LogP contribution in [0.4, 0.5) is 11.5 Å². The van der Waals surface area contributed by atoms with E-state index in [2.05, 4.69) is 10.3 Å². The maximum atomic E-state index is 10.6. The van der Waals surface area contributed by atoms with Gasteiger partial charge in [-0.1, -0.05) is 6.92 Å². The van der Waals surface area contributed by atoms with Crippen molar-refractivity contribution < 1.29 is 10.0 Å². The molecule has 1 aromatic heterocycles. The van der Waals surface area contributed by atoms with Gasteiger partial charge in [0.1, 0.15) is 12.0 Å². The normalized spacial score (nSPS) is 12.2. The first-order valence-electron chi connectivity index (χ1n) is 5.50. The maximum Gasteiger partial charge on any atom is 0.290 e. The maximum absolute atomic E-state index is 10.6. The molecule has 1 heterocycles. The summed E-state index contributed by atoms with van der Waals surface area (Å²) in [5, 5.41) is 22.5. The Morgan fingerprint density at radius 2 is 2.35 bits per heavy atom. The van der Waals surface area contributed by atoms with Crippen LogP contribution in [-0.4, -0.2) is 28.2 Å². The van der Waals surface area contributed by atoms with Gasteiger partial charge in [0, 0.05) is 18.7 Å². The molecule has 1 unspecified atom stereocenters. The number of anilines is 1. The van der Waals surface area contributed by atoms with Crippen LogP contribution >= 0.6 is 0 Å². The van der Waals surface area contributed by atoms with Crippen molar-refractivity contribution in [2.75, 3.05) is 18.5 Å². The van der Waals surface area contributed by atoms with Crippen LogP contribution < -0.4 is 5.32 Å². The molecule has 0 aliphatic heterocycles. The first-order valence-corrected chi connectivity index (χ1v) is 5.50. The van der Waals surface area contributed by atoms with Crippen molar-refractivity contribution in [1.29, 1.82) is 0 Å². The van der Waals surface area contributed by atoms with Crippen molar-refractivity contribution in [3.8, 4) is 0 Å². The van der Waals surface area contributed by atoms with Gasteiger partial charge in [-0.2, -0.15) is 0 Å². The monoisotopic (exact) mass is 239 g/mol. The summed E-state index contributed by atoms with van der Waals surface area (Å²) in [5.41, 5.74) is 0.612. The second-order valence-corrected chi connectivity index (χ2v) is 4.11. The number of hydrogen-bond donors (Lipinski definition) is 2. The zero-order valence-corrected chi connectivity index (χ0v) is 10.0. The van der Waals surface area contributed by atoms with Crippen molar-refractivity contribution in [3.05, 3.63) is 27.9 Å². The highest BCUT2D eigenvalue weighted by atomic mass is 16.6. The summed E-state index contributed by atoms with van der Waals surface area (Å²) in [6, 6.07) is 1.66. The molecule has 0 amide bonds. The lowest BCUT2D eigenvalue weighted by atomic mass is 10.1. The van der Waals surface area contributed by atoms with Gasteiger partial charge in [-0.25, -0.2) is 4.98 Å². The third-order valence-corrected chi connectivity index (χ3v) is 2.53. The molecule has 0 fully saturated rings. The van der Waals surface area contributed by atoms with Gasteiger partial charge in [-0.15, -0.1) is 0 Å². The minimum atomic E-state index is -0.444. The molecule has 1 atom stereocenters. The molecule has 0 saturated heterocycles. The molecule has 0 spiro atoms. The molecule has 6 nitrogen and oxygen atoms in total. The Morgan fingerprint density at radius 1 is 1.65 bits per heavy atom. The summed E-state index contributed by atoms with van der Waals surface area (Å²) < 4.78 is 0. The predicted molar refractivity (Wildman–Crippen MR) is 65.0 cm³/mol. The van der Waals surface area contributed by atoms with Crippen LogP contribution in [0.3, 0.4) is 0 Å². The summed E-state index contributed by atoms with van der Waals surface area (Å²) >= 11 is 0. The van der Waals surface area contributed by atoms with E-state index in [4.69, 9.17) is 5.11 Å². The van der Waals surface area contributed by atoms with Crippen molar-refractivity contribution in [1.82, 2.24) is 4.98 Å². The second-order valence-electron chi connectivity index (χ2n) is 4.11. The lowest BCUT2D eigenvalue weighted by Crippen LogP contribution is -2.13. The fraction of sp³-hybridized carbons (Fsp3) is 0.545. The zero-order chi connectivity index (χ0) is 12.8. The number of nitrogens with one attached hydrogen (secondary N) is 1. The largest absolute Gasteiger partial charge is 0.396 e. The number of aliphatic hydroxyl groups excluding tert-OH is 1. The molecule has 94 valence electrons. The lowest BCUT2D eigenvalue weighted by molar-refractivity contribution is -0.385. The Bertz CT molecular complexity index is 396. The Kier molecular flexibility index (Phi) is 4.84. The summed E-state index contributed by atoms with van der Waals surface area (Å²) in [5.74, 6) is 0.954. The first-order chi connectivity index (χ1) is 8.04. The Hall–Kier alpha value is -1.69. The molecule has 17 heavy (non-hydrogen) atoms. The van der Waals surface area contributed by atoms with E-state index >= 15 is 0 Å². The third kappa shape index (κ3) is 3.99. The van der Waals surface area contributed by atoms with Crippen LogP contribution in [-0.2, 0) is 0 Å². The SMILES string of the molecule is Cc1cc(NCC(C)CCO)ncc1[N+](=O)[O-]. The fourth-order valence-corrected chi connectivity index (χ4v) is 1.44. The number of aryl methyl sites for hydroxylation is 1. The van der Waals surface area contributed by atoms with Gasteiger partial charge in [-0.05, 0) is 25.3 Å². The van der Waals surface area contributed by atoms with Crippen molar-refractivity contribution >= 4 is 11.5 Å². The molecule has 0 bridgehead atoms. The number of rotatable bonds is 6. The smallest absolute Gasteiger partial charge is 0.290 e. The van der Waals surface area contributed by atoms with Crippen molar-refractivity contribution in [2.45, 2.75) is 20.3 Å². The van der Waals surface area contributed by atoms with E-state index in [-0.39, 0.29) is 12.3 Å². The van der Waals surface area contributed by atoms with E-state index in [1.807, 2.05) is 6.92 Å². The summed E-state index contributed by atoms with van der Waals surface area (Å²) in [4.78, 5) is 14.1. The van der Waals surface area contributed by atoms with Gasteiger partial charge < -0.3 is 10.4 Å². The highest BCUT2D eigenvalue weighted by molar-refractivity contribution is 5.46. The molecule has 2 N–H and O–H groups in total. The average Bonchev–Trinajstić information content (AvgIpc) is 2.26. The second kappa shape index (κ2) is 6.15. The molecular formula is C11H17N3O3. The van der Waals surface area contributed by atoms with Crippen LogP contribution in [0.1, 0.15) is 18.9 Å². The fourth-order valence-electron chi connectivity index (χ4n) is 1.44.